The summed E-state index contributed by atoms with van der Waals surface area (Å²) < 4.78 is 68.3. The maximum Gasteiger partial charge on any atom is 0.472 e. The number of phosphoric ester groups is 2. The smallest absolute Gasteiger partial charge is 0.462 e. The van der Waals surface area contributed by atoms with E-state index in [0.717, 1.165) is 89.9 Å². The zero-order valence-electron chi connectivity index (χ0n) is 59.0. The average molecular weight is 1340 g/mol. The van der Waals surface area contributed by atoms with Crippen molar-refractivity contribution < 1.29 is 80.2 Å². The molecule has 0 heterocycles. The van der Waals surface area contributed by atoms with Gasteiger partial charge in [0, 0.05) is 25.7 Å². The summed E-state index contributed by atoms with van der Waals surface area (Å²) in [5, 5.41) is 10.6. The number of carbonyl (C=O) groups is 4. The first kappa shape index (κ1) is 89.1. The van der Waals surface area contributed by atoms with Gasteiger partial charge in [0.05, 0.1) is 26.4 Å². The Balaban J connectivity index is 5.22. The summed E-state index contributed by atoms with van der Waals surface area (Å²) in [6.45, 7) is 7.19. The van der Waals surface area contributed by atoms with E-state index >= 15 is 0 Å². The van der Waals surface area contributed by atoms with E-state index in [9.17, 15) is 43.2 Å². The van der Waals surface area contributed by atoms with E-state index in [1.807, 2.05) is 0 Å². The van der Waals surface area contributed by atoms with Crippen molar-refractivity contribution in [3.63, 3.8) is 0 Å². The van der Waals surface area contributed by atoms with Crippen LogP contribution in [0.15, 0.2) is 0 Å². The van der Waals surface area contributed by atoms with Gasteiger partial charge in [-0.15, -0.1) is 0 Å². The van der Waals surface area contributed by atoms with Crippen LogP contribution in [0.1, 0.15) is 375 Å². The van der Waals surface area contributed by atoms with E-state index in [0.29, 0.717) is 31.6 Å². The Morgan fingerprint density at radius 2 is 0.505 bits per heavy atom. The predicted octanol–water partition coefficient (Wildman–Crippen LogP) is 20.9. The Kier molecular flexibility index (Phi) is 64.0. The van der Waals surface area contributed by atoms with Crippen LogP contribution in [0.4, 0.5) is 0 Å². The summed E-state index contributed by atoms with van der Waals surface area (Å²) in [6, 6.07) is 0. The van der Waals surface area contributed by atoms with Crippen LogP contribution in [-0.2, 0) is 65.4 Å². The van der Waals surface area contributed by atoms with Crippen LogP contribution in [0.2, 0.25) is 0 Å². The second-order valence-corrected chi connectivity index (χ2v) is 29.4. The lowest BCUT2D eigenvalue weighted by Crippen LogP contribution is -2.30. The summed E-state index contributed by atoms with van der Waals surface area (Å²) in [7, 11) is -9.90. The highest BCUT2D eigenvalue weighted by Crippen LogP contribution is 2.45. The van der Waals surface area contributed by atoms with Crippen LogP contribution in [-0.4, -0.2) is 96.7 Å². The summed E-state index contributed by atoms with van der Waals surface area (Å²) in [5.74, 6) is -1.43. The second kappa shape index (κ2) is 65.4. The molecule has 91 heavy (non-hydrogen) atoms. The fourth-order valence-electron chi connectivity index (χ4n) is 11.0. The maximum atomic E-state index is 13.0. The maximum absolute atomic E-state index is 13.0. The topological polar surface area (TPSA) is 237 Å². The molecule has 0 aromatic rings. The van der Waals surface area contributed by atoms with Crippen molar-refractivity contribution in [1.29, 1.82) is 0 Å². The highest BCUT2D eigenvalue weighted by Gasteiger charge is 2.30. The minimum atomic E-state index is -4.95. The van der Waals surface area contributed by atoms with Crippen molar-refractivity contribution in [2.75, 3.05) is 39.6 Å². The monoisotopic (exact) mass is 1340 g/mol. The molecule has 0 radical (unpaired) electrons. The van der Waals surface area contributed by atoms with Gasteiger partial charge in [-0.3, -0.25) is 37.3 Å². The quantitative estimate of drug-likeness (QED) is 0.0222. The number of aliphatic hydroxyl groups excluding tert-OH is 1. The first-order valence-electron chi connectivity index (χ1n) is 37.6. The van der Waals surface area contributed by atoms with Crippen LogP contribution >= 0.6 is 15.6 Å². The van der Waals surface area contributed by atoms with Gasteiger partial charge in [-0.05, 0) is 31.6 Å². The van der Waals surface area contributed by atoms with Crippen LogP contribution in [0.25, 0.3) is 0 Å². The van der Waals surface area contributed by atoms with Crippen LogP contribution < -0.4 is 0 Å². The first-order chi connectivity index (χ1) is 44.0. The van der Waals surface area contributed by atoms with Crippen molar-refractivity contribution in [3.8, 4) is 0 Å². The van der Waals surface area contributed by atoms with Gasteiger partial charge < -0.3 is 33.8 Å². The molecular formula is C72H140O17P2. The van der Waals surface area contributed by atoms with E-state index in [2.05, 4.69) is 34.6 Å². The van der Waals surface area contributed by atoms with Gasteiger partial charge in [-0.1, -0.05) is 324 Å². The second-order valence-electron chi connectivity index (χ2n) is 26.5. The Morgan fingerprint density at radius 3 is 0.747 bits per heavy atom. The molecule has 0 amide bonds. The highest BCUT2D eigenvalue weighted by atomic mass is 31.2. The number of rotatable bonds is 72. The summed E-state index contributed by atoms with van der Waals surface area (Å²) in [5.41, 5.74) is 0. The summed E-state index contributed by atoms with van der Waals surface area (Å²) in [6.07, 6.45) is 52.8. The van der Waals surface area contributed by atoms with Gasteiger partial charge in [0.1, 0.15) is 19.3 Å². The number of unbranched alkanes of at least 4 members (excludes halogenated alkanes) is 44. The molecule has 5 atom stereocenters. The minimum Gasteiger partial charge on any atom is -0.462 e. The predicted molar refractivity (Wildman–Crippen MR) is 368 cm³/mol. The molecule has 0 aromatic heterocycles. The molecule has 2 unspecified atom stereocenters. The lowest BCUT2D eigenvalue weighted by atomic mass is 10.0. The molecule has 0 saturated carbocycles. The van der Waals surface area contributed by atoms with Crippen molar-refractivity contribution in [2.24, 2.45) is 5.92 Å². The Hall–Kier alpha value is -1.94. The molecule has 0 aliphatic carbocycles. The molecule has 0 aromatic carbocycles. The standard InChI is InChI=1S/C72H140O17P2/c1-6-9-12-15-18-21-23-25-27-28-30-32-34-37-42-47-52-57-71(76)88-67(61-83-70(75)56-51-46-41-36-33-31-29-26-24-22-19-16-13-10-7-2)63-86-90(78,79)84-59-66(73)60-85-91(80,81)87-64-68(62-82-69(74)55-50-45-40-35-20-17-14-11-8-3)89-72(77)58-53-48-43-38-39-44-49-54-65(4)5/h65-68,73H,6-64H2,1-5H3,(H,78,79)(H,80,81)/t66-,67-,68-/m1/s1. The number of phosphoric acid groups is 2. The van der Waals surface area contributed by atoms with Crippen LogP contribution in [0, 0.1) is 5.92 Å². The van der Waals surface area contributed by atoms with Gasteiger partial charge >= 0.3 is 39.5 Å². The normalized spacial score (nSPS) is 14.0. The fraction of sp³-hybridized carbons (Fsp3) is 0.944. The van der Waals surface area contributed by atoms with Crippen LogP contribution in [0.3, 0.4) is 0 Å². The molecule has 0 aliphatic rings. The Labute approximate surface area is 556 Å². The van der Waals surface area contributed by atoms with Gasteiger partial charge in [-0.25, -0.2) is 9.13 Å². The first-order valence-corrected chi connectivity index (χ1v) is 40.6. The van der Waals surface area contributed by atoms with E-state index in [1.165, 1.54) is 199 Å². The summed E-state index contributed by atoms with van der Waals surface area (Å²) in [4.78, 5) is 72.6. The third-order valence-corrected chi connectivity index (χ3v) is 18.7. The van der Waals surface area contributed by atoms with Crippen molar-refractivity contribution in [2.45, 2.75) is 393 Å². The number of hydrogen-bond donors (Lipinski definition) is 3. The molecule has 0 bridgehead atoms. The van der Waals surface area contributed by atoms with E-state index < -0.39 is 97.5 Å². The van der Waals surface area contributed by atoms with E-state index in [4.69, 9.17) is 37.0 Å². The number of carbonyl (C=O) groups excluding carboxylic acids is 4. The summed E-state index contributed by atoms with van der Waals surface area (Å²) >= 11 is 0. The van der Waals surface area contributed by atoms with E-state index in [1.54, 1.807) is 0 Å². The van der Waals surface area contributed by atoms with Crippen molar-refractivity contribution >= 4 is 39.5 Å². The third-order valence-electron chi connectivity index (χ3n) is 16.8. The molecule has 0 aliphatic heterocycles. The molecule has 540 valence electrons. The molecule has 0 saturated heterocycles. The largest absolute Gasteiger partial charge is 0.472 e. The minimum absolute atomic E-state index is 0.104. The molecule has 3 N–H and O–H groups in total. The Morgan fingerprint density at radius 1 is 0.297 bits per heavy atom. The zero-order valence-corrected chi connectivity index (χ0v) is 60.8. The number of ether oxygens (including phenoxy) is 4. The van der Waals surface area contributed by atoms with Crippen molar-refractivity contribution in [1.82, 2.24) is 0 Å². The average Bonchev–Trinajstić information content (AvgIpc) is 3.72. The lowest BCUT2D eigenvalue weighted by molar-refractivity contribution is -0.161. The molecular weight excluding hydrogens is 1200 g/mol. The lowest BCUT2D eigenvalue weighted by Gasteiger charge is -2.21. The molecule has 0 spiro atoms. The SMILES string of the molecule is CCCCCCCCCCCCCCCCCCCC(=O)O[C@H](COC(=O)CCCCCCCCCCCCCCCCC)COP(=O)(O)OC[C@@H](O)COP(=O)(O)OC[C@@H](COC(=O)CCCCCCCCCCC)OC(=O)CCCCCCCCCC(C)C. The van der Waals surface area contributed by atoms with Gasteiger partial charge in [-0.2, -0.15) is 0 Å². The molecule has 0 rings (SSSR count). The molecule has 19 heteroatoms. The Bertz CT molecular complexity index is 1750. The van der Waals surface area contributed by atoms with Gasteiger partial charge in [0.25, 0.3) is 0 Å². The van der Waals surface area contributed by atoms with Gasteiger partial charge in [0.2, 0.25) is 0 Å². The number of hydrogen-bond acceptors (Lipinski definition) is 15. The van der Waals surface area contributed by atoms with Gasteiger partial charge in [0.15, 0.2) is 12.2 Å². The number of esters is 4. The van der Waals surface area contributed by atoms with Crippen LogP contribution in [0.5, 0.6) is 0 Å². The molecule has 17 nitrogen and oxygen atoms in total. The third kappa shape index (κ3) is 66.5. The molecule has 0 fully saturated rings. The number of aliphatic hydroxyl groups is 1. The van der Waals surface area contributed by atoms with Crippen molar-refractivity contribution in [3.05, 3.63) is 0 Å². The highest BCUT2D eigenvalue weighted by molar-refractivity contribution is 7.47. The fourth-order valence-corrected chi connectivity index (χ4v) is 12.6. The zero-order chi connectivity index (χ0) is 67.0. The van der Waals surface area contributed by atoms with E-state index in [-0.39, 0.29) is 25.7 Å².